The number of hydrogen-bond acceptors (Lipinski definition) is 5. The average Bonchev–Trinajstić information content (AvgIpc) is 3.30. The van der Waals surface area contributed by atoms with Crippen LogP contribution in [0.25, 0.3) is 34.5 Å². The molecule has 0 saturated carbocycles. The maximum atomic E-state index is 13.0. The number of pyridine rings is 1. The summed E-state index contributed by atoms with van der Waals surface area (Å²) in [5, 5.41) is 14.0. The number of ether oxygens (including phenoxy) is 1. The summed E-state index contributed by atoms with van der Waals surface area (Å²) in [5.41, 5.74) is -1.63. The van der Waals surface area contributed by atoms with Gasteiger partial charge in [0.1, 0.15) is 0 Å². The lowest BCUT2D eigenvalue weighted by Crippen LogP contribution is -2.05. The van der Waals surface area contributed by atoms with Crippen LogP contribution in [0.1, 0.15) is 16.7 Å². The van der Waals surface area contributed by atoms with Gasteiger partial charge in [0.25, 0.3) is 0 Å². The van der Waals surface area contributed by atoms with E-state index in [4.69, 9.17) is 4.74 Å². The number of benzene rings is 2. The molecule has 0 aliphatic rings. The number of aliphatic carboxylic acids is 1. The summed E-state index contributed by atoms with van der Waals surface area (Å²) in [7, 11) is 1.38. The van der Waals surface area contributed by atoms with E-state index in [0.717, 1.165) is 59.4 Å². The lowest BCUT2D eigenvalue weighted by molar-refractivity contribution is -0.138. The number of halogens is 6. The molecule has 0 aliphatic heterocycles. The Bertz CT molecular complexity index is 1470. The molecule has 0 fully saturated rings. The van der Waals surface area contributed by atoms with Crippen LogP contribution in [0.5, 0.6) is 5.88 Å². The van der Waals surface area contributed by atoms with Crippen LogP contribution in [0.4, 0.5) is 26.3 Å². The van der Waals surface area contributed by atoms with Crippen LogP contribution in [0.2, 0.25) is 0 Å². The van der Waals surface area contributed by atoms with Gasteiger partial charge in [0.2, 0.25) is 5.88 Å². The first kappa shape index (κ1) is 26.4. The van der Waals surface area contributed by atoms with Crippen LogP contribution in [-0.2, 0) is 17.1 Å². The predicted molar refractivity (Wildman–Crippen MR) is 123 cm³/mol. The van der Waals surface area contributed by atoms with Gasteiger partial charge in [-0.3, -0.25) is 0 Å². The molecule has 2 aromatic heterocycles. The van der Waals surface area contributed by atoms with E-state index in [0.29, 0.717) is 0 Å². The zero-order valence-electron chi connectivity index (χ0n) is 19.2. The van der Waals surface area contributed by atoms with Crippen molar-refractivity contribution in [3.05, 3.63) is 83.6 Å². The van der Waals surface area contributed by atoms with Crippen molar-refractivity contribution >= 4 is 17.7 Å². The monoisotopic (exact) mass is 534 g/mol. The summed E-state index contributed by atoms with van der Waals surface area (Å²) < 4.78 is 84.0. The fraction of sp³-hybridized carbons (Fsp3) is 0.120. The molecule has 0 amide bonds. The minimum absolute atomic E-state index is 0.0474. The molecule has 0 atom stereocenters. The smallest absolute Gasteiger partial charge is 0.416 e. The molecule has 0 unspecified atom stereocenters. The fourth-order valence-electron chi connectivity index (χ4n) is 3.38. The molecule has 13 heteroatoms. The van der Waals surface area contributed by atoms with Crippen molar-refractivity contribution in [2.45, 2.75) is 12.4 Å². The van der Waals surface area contributed by atoms with Gasteiger partial charge in [-0.1, -0.05) is 24.3 Å². The Kier molecular flexibility index (Phi) is 6.94. The fourth-order valence-corrected chi connectivity index (χ4v) is 3.38. The highest BCUT2D eigenvalue weighted by atomic mass is 19.4. The molecule has 38 heavy (non-hydrogen) atoms. The number of carbonyl (C=O) groups is 1. The molecule has 7 nitrogen and oxygen atoms in total. The van der Waals surface area contributed by atoms with Gasteiger partial charge in [0.15, 0.2) is 11.6 Å². The van der Waals surface area contributed by atoms with Gasteiger partial charge in [0.05, 0.1) is 23.8 Å². The van der Waals surface area contributed by atoms with Gasteiger partial charge < -0.3 is 9.84 Å². The van der Waals surface area contributed by atoms with Crippen molar-refractivity contribution in [2.75, 3.05) is 7.11 Å². The average molecular weight is 534 g/mol. The Hall–Kier alpha value is -4.68. The number of methoxy groups -OCH3 is 1. The molecule has 0 bridgehead atoms. The van der Waals surface area contributed by atoms with E-state index in [-0.39, 0.29) is 39.8 Å². The van der Waals surface area contributed by atoms with Crippen LogP contribution < -0.4 is 4.74 Å². The molecule has 1 N–H and O–H groups in total. The maximum absolute atomic E-state index is 13.0. The molecule has 196 valence electrons. The third kappa shape index (κ3) is 5.66. The largest absolute Gasteiger partial charge is 0.481 e. The summed E-state index contributed by atoms with van der Waals surface area (Å²) in [6.45, 7) is 0. The Labute approximate surface area is 210 Å². The summed E-state index contributed by atoms with van der Waals surface area (Å²) in [6, 6.07) is 10.7. The van der Waals surface area contributed by atoms with Gasteiger partial charge in [-0.2, -0.15) is 26.3 Å². The number of carboxylic acids is 1. The molecular weight excluding hydrogens is 518 g/mol. The van der Waals surface area contributed by atoms with Crippen molar-refractivity contribution in [2.24, 2.45) is 0 Å². The van der Waals surface area contributed by atoms with E-state index in [9.17, 15) is 36.2 Å². The molecule has 2 aromatic carbocycles. The molecule has 0 aliphatic carbocycles. The SMILES string of the molecule is COc1ccc(C(=Cn2nc(-c3ccc(C(F)(F)F)cc3)nc2-c2ccc(C(F)(F)F)cc2)C(=O)O)cn1. The first-order valence-corrected chi connectivity index (χ1v) is 10.6. The van der Waals surface area contributed by atoms with Gasteiger partial charge in [-0.05, 0) is 30.3 Å². The molecule has 0 spiro atoms. The summed E-state index contributed by atoms with van der Waals surface area (Å²) in [4.78, 5) is 20.3. The van der Waals surface area contributed by atoms with Gasteiger partial charge in [0, 0.05) is 35.2 Å². The quantitative estimate of drug-likeness (QED) is 0.236. The lowest BCUT2D eigenvalue weighted by Gasteiger charge is -2.08. The van der Waals surface area contributed by atoms with E-state index in [1.807, 2.05) is 0 Å². The minimum Gasteiger partial charge on any atom is -0.481 e. The summed E-state index contributed by atoms with van der Waals surface area (Å²) in [5.74, 6) is -1.27. The summed E-state index contributed by atoms with van der Waals surface area (Å²) in [6.07, 6.45) is -6.83. The number of hydrogen-bond donors (Lipinski definition) is 1. The zero-order chi connectivity index (χ0) is 27.7. The first-order chi connectivity index (χ1) is 17.9. The second-order valence-electron chi connectivity index (χ2n) is 7.79. The first-order valence-electron chi connectivity index (χ1n) is 10.6. The van der Waals surface area contributed by atoms with Crippen LogP contribution in [0, 0.1) is 0 Å². The second-order valence-corrected chi connectivity index (χ2v) is 7.79. The summed E-state index contributed by atoms with van der Waals surface area (Å²) >= 11 is 0. The van der Waals surface area contributed by atoms with Crippen molar-refractivity contribution < 1.29 is 41.0 Å². The van der Waals surface area contributed by atoms with Crippen molar-refractivity contribution in [3.8, 4) is 28.7 Å². The Balaban J connectivity index is 1.85. The van der Waals surface area contributed by atoms with Crippen LogP contribution >= 0.6 is 0 Å². The van der Waals surface area contributed by atoms with Crippen LogP contribution in [0.15, 0.2) is 66.9 Å². The standard InChI is InChI=1S/C25H16F6N4O3/c1-38-20-11-6-16(12-32-20)19(23(36)37)13-35-22(15-4-9-18(10-5-15)25(29,30)31)33-21(34-35)14-2-7-17(8-3-14)24(26,27)28/h2-13H,1H3,(H,36,37). The minimum atomic E-state index is -4.59. The molecule has 4 aromatic rings. The van der Waals surface area contributed by atoms with E-state index in [2.05, 4.69) is 15.1 Å². The number of nitrogens with zero attached hydrogens (tertiary/aromatic N) is 4. The number of carboxylic acid groups (broad SMARTS) is 1. The van der Waals surface area contributed by atoms with Gasteiger partial charge in [-0.25, -0.2) is 19.4 Å². The normalized spacial score (nSPS) is 12.4. The highest BCUT2D eigenvalue weighted by Gasteiger charge is 2.31. The topological polar surface area (TPSA) is 90.1 Å². The van der Waals surface area contributed by atoms with Crippen molar-refractivity contribution in [3.63, 3.8) is 0 Å². The molecule has 0 radical (unpaired) electrons. The Morgan fingerprint density at radius 1 is 0.868 bits per heavy atom. The Morgan fingerprint density at radius 3 is 1.87 bits per heavy atom. The Morgan fingerprint density at radius 2 is 1.42 bits per heavy atom. The second kappa shape index (κ2) is 10.00. The third-order valence-electron chi connectivity index (χ3n) is 5.31. The zero-order valence-corrected chi connectivity index (χ0v) is 19.2. The van der Waals surface area contributed by atoms with E-state index < -0.39 is 29.4 Å². The maximum Gasteiger partial charge on any atom is 0.416 e. The van der Waals surface area contributed by atoms with Crippen molar-refractivity contribution in [1.82, 2.24) is 19.7 Å². The number of rotatable bonds is 6. The van der Waals surface area contributed by atoms with Gasteiger partial charge >= 0.3 is 18.3 Å². The predicted octanol–water partition coefficient (Wildman–Crippen LogP) is 6.14. The molecule has 4 rings (SSSR count). The van der Waals surface area contributed by atoms with Gasteiger partial charge in [-0.15, -0.1) is 5.10 Å². The molecular formula is C25H16F6N4O3. The van der Waals surface area contributed by atoms with E-state index >= 15 is 0 Å². The van der Waals surface area contributed by atoms with Crippen LogP contribution in [0.3, 0.4) is 0 Å². The molecule has 2 heterocycles. The lowest BCUT2D eigenvalue weighted by atomic mass is 10.1. The van der Waals surface area contributed by atoms with E-state index in [1.54, 1.807) is 0 Å². The highest BCUT2D eigenvalue weighted by Crippen LogP contribution is 2.33. The third-order valence-corrected chi connectivity index (χ3v) is 5.31. The molecule has 0 saturated heterocycles. The highest BCUT2D eigenvalue weighted by molar-refractivity contribution is 6.19. The van der Waals surface area contributed by atoms with E-state index in [1.165, 1.54) is 25.4 Å². The van der Waals surface area contributed by atoms with Crippen LogP contribution in [-0.4, -0.2) is 37.9 Å². The van der Waals surface area contributed by atoms with Crippen molar-refractivity contribution in [1.29, 1.82) is 0 Å². The number of alkyl halides is 6. The number of aromatic nitrogens is 4.